The largest absolute Gasteiger partial charge is 0.481 e. The van der Waals surface area contributed by atoms with E-state index in [2.05, 4.69) is 10.6 Å². The van der Waals surface area contributed by atoms with Crippen LogP contribution in [-0.4, -0.2) is 56.6 Å². The van der Waals surface area contributed by atoms with Gasteiger partial charge >= 0.3 is 12.0 Å². The Morgan fingerprint density at radius 1 is 1.14 bits per heavy atom. The molecule has 0 bridgehead atoms. The van der Waals surface area contributed by atoms with Crippen LogP contribution in [0, 0.1) is 5.92 Å². The number of carbonyl (C=O) groups excluding carboxylic acids is 1. The fourth-order valence-corrected chi connectivity index (χ4v) is 2.48. The molecule has 0 aromatic rings. The first-order valence-electron chi connectivity index (χ1n) is 7.49. The van der Waals surface area contributed by atoms with E-state index in [1.807, 2.05) is 0 Å². The van der Waals surface area contributed by atoms with Crippen LogP contribution in [0.3, 0.4) is 0 Å². The molecule has 0 aliphatic heterocycles. The third-order valence-corrected chi connectivity index (χ3v) is 3.61. The van der Waals surface area contributed by atoms with Crippen molar-refractivity contribution in [3.63, 3.8) is 0 Å². The molecule has 1 saturated carbocycles. The number of amides is 2. The second-order valence-corrected chi connectivity index (χ2v) is 5.19. The van der Waals surface area contributed by atoms with E-state index in [0.29, 0.717) is 39.2 Å². The lowest BCUT2D eigenvalue weighted by Gasteiger charge is -2.23. The fourth-order valence-electron chi connectivity index (χ4n) is 2.48. The number of carboxylic acid groups (broad SMARTS) is 1. The van der Waals surface area contributed by atoms with E-state index in [1.54, 1.807) is 7.11 Å². The topological polar surface area (TPSA) is 96.9 Å². The summed E-state index contributed by atoms with van der Waals surface area (Å²) in [5, 5.41) is 14.7. The van der Waals surface area contributed by atoms with Crippen LogP contribution < -0.4 is 10.6 Å². The van der Waals surface area contributed by atoms with Crippen LogP contribution >= 0.6 is 0 Å². The van der Waals surface area contributed by atoms with E-state index in [9.17, 15) is 14.7 Å². The number of methoxy groups -OCH3 is 1. The number of aliphatic carboxylic acids is 1. The van der Waals surface area contributed by atoms with Gasteiger partial charge in [-0.2, -0.15) is 0 Å². The summed E-state index contributed by atoms with van der Waals surface area (Å²) in [5.41, 5.74) is 0. The van der Waals surface area contributed by atoms with Crippen molar-refractivity contribution in [2.75, 3.05) is 33.5 Å². The van der Waals surface area contributed by atoms with Crippen LogP contribution in [0.15, 0.2) is 0 Å². The summed E-state index contributed by atoms with van der Waals surface area (Å²) in [6.45, 7) is 1.81. The summed E-state index contributed by atoms with van der Waals surface area (Å²) in [5.74, 6) is -1.32. The summed E-state index contributed by atoms with van der Waals surface area (Å²) < 4.78 is 10.1. The van der Waals surface area contributed by atoms with Crippen molar-refractivity contribution in [1.82, 2.24) is 10.6 Å². The van der Waals surface area contributed by atoms with Crippen molar-refractivity contribution in [1.29, 1.82) is 0 Å². The first-order valence-corrected chi connectivity index (χ1v) is 7.49. The summed E-state index contributed by atoms with van der Waals surface area (Å²) in [7, 11) is 1.60. The van der Waals surface area contributed by atoms with E-state index in [1.165, 1.54) is 0 Å². The molecule has 1 aliphatic rings. The van der Waals surface area contributed by atoms with E-state index < -0.39 is 11.9 Å². The minimum Gasteiger partial charge on any atom is -0.481 e. The molecule has 0 heterocycles. The van der Waals surface area contributed by atoms with Gasteiger partial charge < -0.3 is 25.2 Å². The number of carbonyl (C=O) groups is 2. The molecule has 0 aromatic heterocycles. The summed E-state index contributed by atoms with van der Waals surface area (Å²) in [6, 6.07) is -0.622. The van der Waals surface area contributed by atoms with Crippen molar-refractivity contribution in [3.8, 4) is 0 Å². The predicted molar refractivity (Wildman–Crippen MR) is 77.2 cm³/mol. The lowest BCUT2D eigenvalue weighted by Crippen LogP contribution is -2.47. The zero-order valence-corrected chi connectivity index (χ0v) is 12.6. The lowest BCUT2D eigenvalue weighted by atomic mass is 9.95. The molecule has 7 heteroatoms. The predicted octanol–water partition coefficient (Wildman–Crippen LogP) is 0.982. The zero-order chi connectivity index (χ0) is 15.5. The smallest absolute Gasteiger partial charge is 0.315 e. The van der Waals surface area contributed by atoms with E-state index in [4.69, 9.17) is 9.47 Å². The standard InChI is InChI=1S/C14H26N2O5/c1-20-9-10-21-8-7-15-14(19)16-12-6-4-2-3-5-11(12)13(17)18/h11-12H,2-10H2,1H3,(H,17,18)(H2,15,16,19). The Kier molecular flexibility index (Phi) is 8.77. The quantitative estimate of drug-likeness (QED) is 0.459. The molecular formula is C14H26N2O5. The Labute approximate surface area is 125 Å². The second kappa shape index (κ2) is 10.4. The van der Waals surface area contributed by atoms with Crippen LogP contribution in [0.4, 0.5) is 4.79 Å². The summed E-state index contributed by atoms with van der Waals surface area (Å²) in [4.78, 5) is 23.0. The molecule has 1 fully saturated rings. The number of carboxylic acids is 1. The van der Waals surface area contributed by atoms with Crippen LogP contribution in [-0.2, 0) is 14.3 Å². The third-order valence-electron chi connectivity index (χ3n) is 3.61. The Balaban J connectivity index is 2.25. The minimum atomic E-state index is -0.829. The highest BCUT2D eigenvalue weighted by Gasteiger charge is 2.30. The van der Waals surface area contributed by atoms with Gasteiger partial charge in [0.2, 0.25) is 0 Å². The molecule has 0 spiro atoms. The monoisotopic (exact) mass is 302 g/mol. The number of ether oxygens (including phenoxy) is 2. The van der Waals surface area contributed by atoms with Crippen molar-refractivity contribution >= 4 is 12.0 Å². The molecule has 7 nitrogen and oxygen atoms in total. The van der Waals surface area contributed by atoms with Gasteiger partial charge in [0.15, 0.2) is 0 Å². The second-order valence-electron chi connectivity index (χ2n) is 5.19. The highest BCUT2D eigenvalue weighted by molar-refractivity contribution is 5.76. The van der Waals surface area contributed by atoms with Crippen molar-refractivity contribution in [3.05, 3.63) is 0 Å². The molecule has 2 unspecified atom stereocenters. The highest BCUT2D eigenvalue weighted by atomic mass is 16.5. The Morgan fingerprint density at radius 2 is 1.90 bits per heavy atom. The molecule has 2 atom stereocenters. The average molecular weight is 302 g/mol. The fraction of sp³-hybridized carbons (Fsp3) is 0.857. The minimum absolute atomic E-state index is 0.292. The number of rotatable bonds is 8. The summed E-state index contributed by atoms with van der Waals surface area (Å²) in [6.07, 6.45) is 4.23. The van der Waals surface area contributed by atoms with E-state index in [-0.39, 0.29) is 12.1 Å². The maximum absolute atomic E-state index is 11.8. The first kappa shape index (κ1) is 17.7. The third kappa shape index (κ3) is 7.29. The van der Waals surface area contributed by atoms with Crippen LogP contribution in [0.5, 0.6) is 0 Å². The van der Waals surface area contributed by atoms with Gasteiger partial charge in [-0.05, 0) is 12.8 Å². The zero-order valence-electron chi connectivity index (χ0n) is 12.6. The Bertz CT molecular complexity index is 324. The van der Waals surface area contributed by atoms with Gasteiger partial charge in [0, 0.05) is 19.7 Å². The van der Waals surface area contributed by atoms with Crippen LogP contribution in [0.2, 0.25) is 0 Å². The lowest BCUT2D eigenvalue weighted by molar-refractivity contribution is -0.142. The maximum Gasteiger partial charge on any atom is 0.315 e. The van der Waals surface area contributed by atoms with Gasteiger partial charge in [-0.15, -0.1) is 0 Å². The van der Waals surface area contributed by atoms with Gasteiger partial charge in [0.05, 0.1) is 25.7 Å². The van der Waals surface area contributed by atoms with E-state index >= 15 is 0 Å². The summed E-state index contributed by atoms with van der Waals surface area (Å²) >= 11 is 0. The number of urea groups is 1. The molecule has 0 saturated heterocycles. The maximum atomic E-state index is 11.8. The molecule has 1 rings (SSSR count). The Morgan fingerprint density at radius 3 is 2.62 bits per heavy atom. The SMILES string of the molecule is COCCOCCNC(=O)NC1CCCCCC1C(=O)O. The van der Waals surface area contributed by atoms with Crippen molar-refractivity contribution in [2.45, 2.75) is 38.1 Å². The van der Waals surface area contributed by atoms with Gasteiger partial charge in [-0.3, -0.25) is 4.79 Å². The normalized spacial score (nSPS) is 22.3. The van der Waals surface area contributed by atoms with Gasteiger partial charge in [0.25, 0.3) is 0 Å². The number of hydrogen-bond donors (Lipinski definition) is 3. The van der Waals surface area contributed by atoms with Crippen LogP contribution in [0.25, 0.3) is 0 Å². The first-order chi connectivity index (χ1) is 10.1. The molecule has 0 radical (unpaired) electrons. The molecule has 122 valence electrons. The van der Waals surface area contributed by atoms with Crippen molar-refractivity contribution in [2.24, 2.45) is 5.92 Å². The molecule has 3 N–H and O–H groups in total. The number of hydrogen-bond acceptors (Lipinski definition) is 4. The molecule has 1 aliphatic carbocycles. The van der Waals surface area contributed by atoms with Gasteiger partial charge in [-0.25, -0.2) is 4.79 Å². The molecule has 21 heavy (non-hydrogen) atoms. The average Bonchev–Trinajstić information content (AvgIpc) is 2.68. The highest BCUT2D eigenvalue weighted by Crippen LogP contribution is 2.23. The van der Waals surface area contributed by atoms with Gasteiger partial charge in [-0.1, -0.05) is 19.3 Å². The Hall–Kier alpha value is -1.34. The molecule has 2 amide bonds. The molecule has 0 aromatic carbocycles. The number of nitrogens with one attached hydrogen (secondary N) is 2. The molecular weight excluding hydrogens is 276 g/mol. The van der Waals surface area contributed by atoms with Crippen LogP contribution in [0.1, 0.15) is 32.1 Å². The van der Waals surface area contributed by atoms with Crippen molar-refractivity contribution < 1.29 is 24.2 Å². The van der Waals surface area contributed by atoms with Gasteiger partial charge in [0.1, 0.15) is 0 Å². The van der Waals surface area contributed by atoms with E-state index in [0.717, 1.165) is 19.3 Å².